The van der Waals surface area contributed by atoms with E-state index in [4.69, 9.17) is 5.11 Å². The van der Waals surface area contributed by atoms with Gasteiger partial charge in [-0.15, -0.1) is 11.8 Å². The smallest absolute Gasteiger partial charge is 0.316 e. The van der Waals surface area contributed by atoms with Crippen molar-refractivity contribution in [2.24, 2.45) is 0 Å². The minimum absolute atomic E-state index is 0.384. The summed E-state index contributed by atoms with van der Waals surface area (Å²) in [6.45, 7) is 11.6. The van der Waals surface area contributed by atoms with Crippen LogP contribution in [0.1, 0.15) is 70.1 Å². The summed E-state index contributed by atoms with van der Waals surface area (Å²) in [7, 11) is 0. The molecule has 0 amide bonds. The molecule has 0 radical (unpaired) electrons. The molecule has 0 saturated carbocycles. The third-order valence-electron chi connectivity index (χ3n) is 6.69. The van der Waals surface area contributed by atoms with Gasteiger partial charge in [0.2, 0.25) is 0 Å². The normalized spacial score (nSPS) is 12.2. The molecule has 4 heteroatoms. The van der Waals surface area contributed by atoms with Gasteiger partial charge in [-0.2, -0.15) is 0 Å². The van der Waals surface area contributed by atoms with Crippen molar-refractivity contribution in [2.75, 3.05) is 4.90 Å². The van der Waals surface area contributed by atoms with Gasteiger partial charge in [0, 0.05) is 24.0 Å². The lowest BCUT2D eigenvalue weighted by Crippen LogP contribution is -2.30. The number of nitrogens with zero attached hydrogens (tertiary/aromatic N) is 1. The van der Waals surface area contributed by atoms with E-state index in [0.29, 0.717) is 17.7 Å². The summed E-state index contributed by atoms with van der Waals surface area (Å²) in [4.78, 5) is 13.6. The molecule has 3 aromatic carbocycles. The lowest BCUT2D eigenvalue weighted by molar-refractivity contribution is -0.136. The number of benzene rings is 3. The van der Waals surface area contributed by atoms with Crippen LogP contribution in [0.15, 0.2) is 72.8 Å². The second-order valence-electron chi connectivity index (χ2n) is 9.52. The summed E-state index contributed by atoms with van der Waals surface area (Å²) in [5.41, 5.74) is 7.46. The Kier molecular flexibility index (Phi) is 9.85. The molecule has 0 fully saturated rings. The van der Waals surface area contributed by atoms with Crippen molar-refractivity contribution in [3.8, 4) is 11.1 Å². The average Bonchev–Trinajstić information content (AvgIpc) is 2.87. The third kappa shape index (κ3) is 7.38. The number of hydrogen-bond donors (Lipinski definition) is 1. The number of aliphatic carboxylic acids is 1. The maximum atomic E-state index is 11.1. The van der Waals surface area contributed by atoms with Crippen LogP contribution in [0.4, 0.5) is 5.69 Å². The van der Waals surface area contributed by atoms with E-state index in [-0.39, 0.29) is 0 Å². The SMILES string of the molecule is CCC(CC)c1ccc(N(Cc2cccc(-c3cccc(CSC(C)C(=O)O)c3)c2)C(C)C)cc1. The Balaban J connectivity index is 1.77. The van der Waals surface area contributed by atoms with Gasteiger partial charge >= 0.3 is 5.97 Å². The molecule has 1 N–H and O–H groups in total. The first-order valence-electron chi connectivity index (χ1n) is 12.7. The highest BCUT2D eigenvalue weighted by molar-refractivity contribution is 7.99. The Labute approximate surface area is 215 Å². The van der Waals surface area contributed by atoms with Crippen LogP contribution in [0.3, 0.4) is 0 Å². The molecule has 3 aromatic rings. The molecule has 0 aliphatic carbocycles. The second-order valence-corrected chi connectivity index (χ2v) is 10.8. The Bertz CT molecular complexity index is 1090. The van der Waals surface area contributed by atoms with Gasteiger partial charge in [0.15, 0.2) is 0 Å². The quantitative estimate of drug-likeness (QED) is 0.277. The van der Waals surface area contributed by atoms with Gasteiger partial charge in [0.25, 0.3) is 0 Å². The van der Waals surface area contributed by atoms with Crippen LogP contribution in [0.2, 0.25) is 0 Å². The molecule has 0 bridgehead atoms. The van der Waals surface area contributed by atoms with Crippen LogP contribution in [-0.2, 0) is 17.1 Å². The van der Waals surface area contributed by atoms with Gasteiger partial charge in [0.05, 0.1) is 5.25 Å². The number of carbonyl (C=O) groups is 1. The number of anilines is 1. The molecular weight excluding hydrogens is 450 g/mol. The van der Waals surface area contributed by atoms with Crippen molar-refractivity contribution >= 4 is 23.4 Å². The Hall–Kier alpha value is -2.72. The molecule has 1 unspecified atom stereocenters. The molecule has 35 heavy (non-hydrogen) atoms. The van der Waals surface area contributed by atoms with Crippen molar-refractivity contribution in [1.82, 2.24) is 0 Å². The molecule has 3 rings (SSSR count). The van der Waals surface area contributed by atoms with E-state index >= 15 is 0 Å². The van der Waals surface area contributed by atoms with E-state index < -0.39 is 11.2 Å². The molecule has 0 aliphatic rings. The lowest BCUT2D eigenvalue weighted by atomic mass is 9.94. The van der Waals surface area contributed by atoms with Gasteiger partial charge in [-0.3, -0.25) is 4.79 Å². The van der Waals surface area contributed by atoms with Crippen LogP contribution >= 0.6 is 11.8 Å². The van der Waals surface area contributed by atoms with E-state index in [1.807, 2.05) is 0 Å². The predicted octanol–water partition coefficient (Wildman–Crippen LogP) is 8.38. The van der Waals surface area contributed by atoms with Gasteiger partial charge in [0.1, 0.15) is 0 Å². The topological polar surface area (TPSA) is 40.5 Å². The number of carboxylic acid groups (broad SMARTS) is 1. The highest BCUT2D eigenvalue weighted by Crippen LogP contribution is 2.29. The van der Waals surface area contributed by atoms with Gasteiger partial charge in [-0.25, -0.2) is 0 Å². The summed E-state index contributed by atoms with van der Waals surface area (Å²) in [6.07, 6.45) is 2.35. The average molecular weight is 490 g/mol. The number of thioether (sulfide) groups is 1. The first kappa shape index (κ1) is 26.9. The minimum Gasteiger partial charge on any atom is -0.480 e. The van der Waals surface area contributed by atoms with Gasteiger partial charge in [-0.1, -0.05) is 68.4 Å². The Morgan fingerprint density at radius 3 is 1.97 bits per heavy atom. The molecule has 0 heterocycles. The maximum Gasteiger partial charge on any atom is 0.316 e. The van der Waals surface area contributed by atoms with Crippen LogP contribution in [0.5, 0.6) is 0 Å². The fourth-order valence-corrected chi connectivity index (χ4v) is 5.21. The molecule has 3 nitrogen and oxygen atoms in total. The van der Waals surface area contributed by atoms with Crippen molar-refractivity contribution in [3.05, 3.63) is 89.5 Å². The van der Waals surface area contributed by atoms with E-state index in [2.05, 4.69) is 105 Å². The molecule has 0 aliphatic heterocycles. The first-order valence-corrected chi connectivity index (χ1v) is 13.8. The van der Waals surface area contributed by atoms with E-state index in [9.17, 15) is 4.79 Å². The fourth-order valence-electron chi connectivity index (χ4n) is 4.45. The second kappa shape index (κ2) is 12.8. The molecule has 1 atom stereocenters. The molecule has 0 aromatic heterocycles. The lowest BCUT2D eigenvalue weighted by Gasteiger charge is -2.30. The minimum atomic E-state index is -0.765. The van der Waals surface area contributed by atoms with Crippen LogP contribution < -0.4 is 4.90 Å². The number of hydrogen-bond acceptors (Lipinski definition) is 3. The summed E-state index contributed by atoms with van der Waals surface area (Å²) in [6, 6.07) is 26.7. The predicted molar refractivity (Wildman–Crippen MR) is 151 cm³/mol. The molecule has 186 valence electrons. The van der Waals surface area contributed by atoms with Crippen molar-refractivity contribution in [1.29, 1.82) is 0 Å². The Morgan fingerprint density at radius 1 is 0.857 bits per heavy atom. The van der Waals surface area contributed by atoms with Gasteiger partial charge in [-0.05, 0) is 85.5 Å². The fraction of sp³-hybridized carbons (Fsp3) is 0.387. The van der Waals surface area contributed by atoms with Gasteiger partial charge < -0.3 is 10.0 Å². The largest absolute Gasteiger partial charge is 0.480 e. The monoisotopic (exact) mass is 489 g/mol. The zero-order valence-corrected chi connectivity index (χ0v) is 22.5. The highest BCUT2D eigenvalue weighted by atomic mass is 32.2. The van der Waals surface area contributed by atoms with Crippen molar-refractivity contribution in [3.63, 3.8) is 0 Å². The zero-order valence-electron chi connectivity index (χ0n) is 21.7. The van der Waals surface area contributed by atoms with Crippen LogP contribution in [-0.4, -0.2) is 22.4 Å². The van der Waals surface area contributed by atoms with E-state index in [1.54, 1.807) is 6.92 Å². The standard InChI is InChI=1S/C31H39NO2S/c1-6-26(7-2)27-14-16-30(17-15-27)32(22(3)4)20-24-10-8-12-28(18-24)29-13-9-11-25(19-29)21-35-23(5)31(33)34/h8-19,22-23,26H,6-7,20-21H2,1-5H3,(H,33,34). The number of carboxylic acids is 1. The highest BCUT2D eigenvalue weighted by Gasteiger charge is 2.14. The van der Waals surface area contributed by atoms with Crippen LogP contribution in [0, 0.1) is 0 Å². The van der Waals surface area contributed by atoms with Crippen LogP contribution in [0.25, 0.3) is 11.1 Å². The summed E-state index contributed by atoms with van der Waals surface area (Å²) >= 11 is 1.45. The maximum absolute atomic E-state index is 11.1. The molecular formula is C31H39NO2S. The third-order valence-corrected chi connectivity index (χ3v) is 7.89. The summed E-state index contributed by atoms with van der Waals surface area (Å²) in [5, 5.41) is 8.74. The van der Waals surface area contributed by atoms with E-state index in [1.165, 1.54) is 52.5 Å². The Morgan fingerprint density at radius 2 is 1.43 bits per heavy atom. The summed E-state index contributed by atoms with van der Waals surface area (Å²) in [5.74, 6) is 0.558. The van der Waals surface area contributed by atoms with E-state index in [0.717, 1.165) is 12.1 Å². The van der Waals surface area contributed by atoms with Crippen molar-refractivity contribution < 1.29 is 9.90 Å². The zero-order chi connectivity index (χ0) is 25.4. The first-order chi connectivity index (χ1) is 16.8. The molecule has 0 saturated heterocycles. The summed E-state index contributed by atoms with van der Waals surface area (Å²) < 4.78 is 0. The molecule has 0 spiro atoms. The number of rotatable bonds is 12. The van der Waals surface area contributed by atoms with Crippen molar-refractivity contribution in [2.45, 2.75) is 77.0 Å².